The molecule has 0 saturated carbocycles. The van der Waals surface area contributed by atoms with E-state index in [9.17, 15) is 4.79 Å². The van der Waals surface area contributed by atoms with Crippen LogP contribution in [0.4, 0.5) is 0 Å². The van der Waals surface area contributed by atoms with Gasteiger partial charge in [0, 0.05) is 6.42 Å². The summed E-state index contributed by atoms with van der Waals surface area (Å²) >= 11 is 0. The van der Waals surface area contributed by atoms with Gasteiger partial charge >= 0.3 is 5.97 Å². The topological polar surface area (TPSA) is 57.5 Å². The lowest BCUT2D eigenvalue weighted by Gasteiger charge is -2.03. The quantitative estimate of drug-likeness (QED) is 0.490. The SMILES string of the molecule is C/C(=C\CCCC(=O)O)CC[C@H](C)O. The number of aliphatic carboxylic acids is 1. The summed E-state index contributed by atoms with van der Waals surface area (Å²) in [7, 11) is 0. The molecule has 0 spiro atoms. The Bertz CT molecular complexity index is 195. The first-order valence-corrected chi connectivity index (χ1v) is 5.08. The van der Waals surface area contributed by atoms with Gasteiger partial charge in [0.05, 0.1) is 6.10 Å². The van der Waals surface area contributed by atoms with E-state index in [0.717, 1.165) is 19.3 Å². The Morgan fingerprint density at radius 1 is 1.43 bits per heavy atom. The molecule has 0 heterocycles. The third-order valence-corrected chi connectivity index (χ3v) is 2.04. The van der Waals surface area contributed by atoms with Gasteiger partial charge in [-0.25, -0.2) is 0 Å². The van der Waals surface area contributed by atoms with Crippen LogP contribution in [0, 0.1) is 0 Å². The number of hydrogen-bond donors (Lipinski definition) is 2. The summed E-state index contributed by atoms with van der Waals surface area (Å²) in [4.78, 5) is 10.2. The van der Waals surface area contributed by atoms with Gasteiger partial charge < -0.3 is 10.2 Å². The van der Waals surface area contributed by atoms with Crippen LogP contribution in [0.15, 0.2) is 11.6 Å². The Morgan fingerprint density at radius 2 is 2.07 bits per heavy atom. The number of hydrogen-bond acceptors (Lipinski definition) is 2. The normalized spacial score (nSPS) is 14.1. The minimum atomic E-state index is -0.736. The Kier molecular flexibility index (Phi) is 7.11. The molecule has 0 bridgehead atoms. The molecule has 0 aromatic heterocycles. The molecule has 0 fully saturated rings. The molecule has 3 heteroatoms. The van der Waals surface area contributed by atoms with Gasteiger partial charge in [0.25, 0.3) is 0 Å². The van der Waals surface area contributed by atoms with Crippen molar-refractivity contribution in [1.29, 1.82) is 0 Å². The molecule has 14 heavy (non-hydrogen) atoms. The second-order valence-corrected chi connectivity index (χ2v) is 3.72. The summed E-state index contributed by atoms with van der Waals surface area (Å²) in [6.07, 6.45) is 5.23. The van der Waals surface area contributed by atoms with Crippen molar-refractivity contribution in [2.45, 2.75) is 52.1 Å². The molecule has 0 aliphatic carbocycles. The summed E-state index contributed by atoms with van der Waals surface area (Å²) in [5.41, 5.74) is 1.23. The van der Waals surface area contributed by atoms with E-state index < -0.39 is 5.97 Å². The predicted octanol–water partition coefficient (Wildman–Crippen LogP) is 2.35. The lowest BCUT2D eigenvalue weighted by atomic mass is 10.1. The summed E-state index contributed by atoms with van der Waals surface area (Å²) < 4.78 is 0. The van der Waals surface area contributed by atoms with Crippen LogP contribution in [-0.4, -0.2) is 22.3 Å². The first kappa shape index (κ1) is 13.2. The van der Waals surface area contributed by atoms with Gasteiger partial charge in [-0.3, -0.25) is 4.79 Å². The van der Waals surface area contributed by atoms with Gasteiger partial charge in [-0.1, -0.05) is 11.6 Å². The number of aliphatic hydroxyl groups excluding tert-OH is 1. The molecule has 82 valence electrons. The third-order valence-electron chi connectivity index (χ3n) is 2.04. The highest BCUT2D eigenvalue weighted by Gasteiger charge is 1.97. The standard InChI is InChI=1S/C11H20O3/c1-9(7-8-10(2)12)5-3-4-6-11(13)14/h5,10,12H,3-4,6-8H2,1-2H3,(H,13,14)/b9-5+/t10-/m0/s1. The Morgan fingerprint density at radius 3 is 2.57 bits per heavy atom. The van der Waals surface area contributed by atoms with Crippen LogP contribution in [0.25, 0.3) is 0 Å². The minimum Gasteiger partial charge on any atom is -0.481 e. The minimum absolute atomic E-state index is 0.236. The second-order valence-electron chi connectivity index (χ2n) is 3.72. The molecule has 1 atom stereocenters. The molecule has 3 nitrogen and oxygen atoms in total. The lowest BCUT2D eigenvalue weighted by molar-refractivity contribution is -0.137. The van der Waals surface area contributed by atoms with Crippen molar-refractivity contribution < 1.29 is 15.0 Å². The van der Waals surface area contributed by atoms with E-state index in [4.69, 9.17) is 10.2 Å². The van der Waals surface area contributed by atoms with E-state index in [1.54, 1.807) is 6.92 Å². The van der Waals surface area contributed by atoms with Gasteiger partial charge in [-0.15, -0.1) is 0 Å². The van der Waals surface area contributed by atoms with E-state index >= 15 is 0 Å². The third kappa shape index (κ3) is 9.26. The fourth-order valence-electron chi connectivity index (χ4n) is 1.14. The zero-order chi connectivity index (χ0) is 11.0. The van der Waals surface area contributed by atoms with E-state index in [2.05, 4.69) is 6.08 Å². The largest absolute Gasteiger partial charge is 0.481 e. The number of carbonyl (C=O) groups is 1. The van der Waals surface area contributed by atoms with E-state index in [-0.39, 0.29) is 12.5 Å². The van der Waals surface area contributed by atoms with Crippen LogP contribution in [0.2, 0.25) is 0 Å². The number of allylic oxidation sites excluding steroid dienone is 2. The Labute approximate surface area is 85.4 Å². The molecular weight excluding hydrogens is 180 g/mol. The summed E-state index contributed by atoms with van der Waals surface area (Å²) in [5.74, 6) is -0.736. The lowest BCUT2D eigenvalue weighted by Crippen LogP contribution is -1.98. The molecule has 0 radical (unpaired) electrons. The first-order valence-electron chi connectivity index (χ1n) is 5.08. The second kappa shape index (κ2) is 7.56. The van der Waals surface area contributed by atoms with Gasteiger partial charge in [-0.05, 0) is 39.5 Å². The van der Waals surface area contributed by atoms with Gasteiger partial charge in [-0.2, -0.15) is 0 Å². The zero-order valence-corrected chi connectivity index (χ0v) is 8.99. The fraction of sp³-hybridized carbons (Fsp3) is 0.727. The van der Waals surface area contributed by atoms with Gasteiger partial charge in [0.15, 0.2) is 0 Å². The average Bonchev–Trinajstić information content (AvgIpc) is 2.08. The Balaban J connectivity index is 3.51. The van der Waals surface area contributed by atoms with Crippen LogP contribution < -0.4 is 0 Å². The summed E-state index contributed by atoms with van der Waals surface area (Å²) in [5, 5.41) is 17.4. The number of rotatable bonds is 7. The van der Waals surface area contributed by atoms with Crippen molar-refractivity contribution in [1.82, 2.24) is 0 Å². The van der Waals surface area contributed by atoms with Crippen molar-refractivity contribution >= 4 is 5.97 Å². The maximum atomic E-state index is 10.2. The van der Waals surface area contributed by atoms with Crippen LogP contribution in [0.5, 0.6) is 0 Å². The van der Waals surface area contributed by atoms with Crippen molar-refractivity contribution in [3.8, 4) is 0 Å². The molecule has 0 aromatic carbocycles. The molecule has 2 N–H and O–H groups in total. The van der Waals surface area contributed by atoms with Crippen LogP contribution in [-0.2, 0) is 4.79 Å². The molecule has 0 saturated heterocycles. The van der Waals surface area contributed by atoms with Crippen molar-refractivity contribution in [2.75, 3.05) is 0 Å². The molecule has 0 rings (SSSR count). The van der Waals surface area contributed by atoms with E-state index in [1.807, 2.05) is 6.92 Å². The molecular formula is C11H20O3. The predicted molar refractivity (Wildman–Crippen MR) is 56.2 cm³/mol. The number of aliphatic hydroxyl groups is 1. The van der Waals surface area contributed by atoms with Crippen molar-refractivity contribution in [2.24, 2.45) is 0 Å². The van der Waals surface area contributed by atoms with Gasteiger partial charge in [0.1, 0.15) is 0 Å². The number of unbranched alkanes of at least 4 members (excludes halogenated alkanes) is 1. The summed E-state index contributed by atoms with van der Waals surface area (Å²) in [6.45, 7) is 3.79. The van der Waals surface area contributed by atoms with Crippen LogP contribution in [0.3, 0.4) is 0 Å². The molecule has 0 aromatic rings. The molecule has 0 aliphatic rings. The maximum absolute atomic E-state index is 10.2. The van der Waals surface area contributed by atoms with Crippen LogP contribution in [0.1, 0.15) is 46.0 Å². The molecule has 0 aliphatic heterocycles. The monoisotopic (exact) mass is 200 g/mol. The van der Waals surface area contributed by atoms with E-state index in [1.165, 1.54) is 5.57 Å². The maximum Gasteiger partial charge on any atom is 0.303 e. The Hall–Kier alpha value is -0.830. The van der Waals surface area contributed by atoms with E-state index in [0.29, 0.717) is 6.42 Å². The average molecular weight is 200 g/mol. The highest BCUT2D eigenvalue weighted by molar-refractivity contribution is 5.66. The zero-order valence-electron chi connectivity index (χ0n) is 8.99. The highest BCUT2D eigenvalue weighted by Crippen LogP contribution is 2.09. The van der Waals surface area contributed by atoms with Crippen molar-refractivity contribution in [3.63, 3.8) is 0 Å². The smallest absolute Gasteiger partial charge is 0.303 e. The highest BCUT2D eigenvalue weighted by atomic mass is 16.4. The summed E-state index contributed by atoms with van der Waals surface area (Å²) in [6, 6.07) is 0. The molecule has 0 amide bonds. The number of carboxylic acids is 1. The fourth-order valence-corrected chi connectivity index (χ4v) is 1.14. The number of carboxylic acid groups (broad SMARTS) is 1. The van der Waals surface area contributed by atoms with Crippen LogP contribution >= 0.6 is 0 Å². The van der Waals surface area contributed by atoms with Gasteiger partial charge in [0.2, 0.25) is 0 Å². The molecule has 0 unspecified atom stereocenters. The first-order chi connectivity index (χ1) is 6.52. The van der Waals surface area contributed by atoms with Crippen molar-refractivity contribution in [3.05, 3.63) is 11.6 Å².